The third-order valence-corrected chi connectivity index (χ3v) is 6.98. The molecule has 0 spiro atoms. The highest BCUT2D eigenvalue weighted by Crippen LogP contribution is 2.39. The molecule has 200 valence electrons. The maximum absolute atomic E-state index is 13.4. The average Bonchev–Trinajstić information content (AvgIpc) is 3.50. The van der Waals surface area contributed by atoms with Gasteiger partial charge in [-0.05, 0) is 54.2 Å². The standard InChI is InChI=1S/C26H35N5O5S/c1-16-7-8-17(11-23(16)31-14-22(28-30-31)18-9-10-36-15-18)25(32)27-20-12-19(26(2,3)4)13-21(24(20)35-5)29-37(6,33)34/h7-8,11-14,18,28-30H,9-10,15H2,1-6H3,(H,27,32). The van der Waals surface area contributed by atoms with Gasteiger partial charge in [0.05, 0.1) is 42.7 Å². The number of carbonyl (C=O) groups is 1. The Kier molecular flexibility index (Phi) is 7.40. The molecule has 10 nitrogen and oxygen atoms in total. The summed E-state index contributed by atoms with van der Waals surface area (Å²) in [6, 6.07) is 8.98. The number of nitrogens with zero attached hydrogens (tertiary/aromatic N) is 1. The molecule has 37 heavy (non-hydrogen) atoms. The first-order chi connectivity index (χ1) is 17.4. The van der Waals surface area contributed by atoms with Crippen LogP contribution in [0.4, 0.5) is 17.1 Å². The quantitative estimate of drug-likeness (QED) is 0.429. The lowest BCUT2D eigenvalue weighted by Gasteiger charge is -2.24. The minimum Gasteiger partial charge on any atom is -0.492 e. The summed E-state index contributed by atoms with van der Waals surface area (Å²) in [4.78, 5) is 13.4. The Morgan fingerprint density at radius 2 is 1.92 bits per heavy atom. The maximum atomic E-state index is 13.4. The molecule has 0 radical (unpaired) electrons. The fraction of sp³-hybridized carbons (Fsp3) is 0.423. The summed E-state index contributed by atoms with van der Waals surface area (Å²) in [5, 5.41) is 4.78. The summed E-state index contributed by atoms with van der Waals surface area (Å²) in [5.74, 6) is 0.189. The number of ether oxygens (including phenoxy) is 2. The second-order valence-electron chi connectivity index (χ2n) is 10.4. The van der Waals surface area contributed by atoms with Crippen molar-refractivity contribution in [3.8, 4) is 5.75 Å². The van der Waals surface area contributed by atoms with Gasteiger partial charge in [0.1, 0.15) is 0 Å². The number of hydrazine groups is 2. The molecule has 4 rings (SSSR count). The van der Waals surface area contributed by atoms with Gasteiger partial charge in [0, 0.05) is 24.3 Å². The second-order valence-corrected chi connectivity index (χ2v) is 12.2. The van der Waals surface area contributed by atoms with Crippen molar-refractivity contribution < 1.29 is 22.7 Å². The Hall–Kier alpha value is -3.28. The number of amides is 1. The molecule has 0 saturated carbocycles. The Morgan fingerprint density at radius 1 is 1.19 bits per heavy atom. The van der Waals surface area contributed by atoms with Crippen molar-refractivity contribution in [3.63, 3.8) is 0 Å². The number of nitrogens with one attached hydrogen (secondary N) is 4. The number of hydrogen-bond donors (Lipinski definition) is 4. The first kappa shape index (κ1) is 26.8. The molecule has 1 fully saturated rings. The molecule has 11 heteroatoms. The Morgan fingerprint density at radius 3 is 2.54 bits per heavy atom. The SMILES string of the molecule is COc1c(NC(=O)c2ccc(C)c(N3C=C(C4CCOC4)NN3)c2)cc(C(C)(C)C)cc1NS(C)(=O)=O. The molecule has 1 amide bonds. The van der Waals surface area contributed by atoms with Gasteiger partial charge in [0.2, 0.25) is 10.0 Å². The molecule has 0 aromatic heterocycles. The molecule has 1 unspecified atom stereocenters. The number of anilines is 3. The van der Waals surface area contributed by atoms with Crippen LogP contribution in [0.2, 0.25) is 0 Å². The highest BCUT2D eigenvalue weighted by Gasteiger charge is 2.26. The number of sulfonamides is 1. The van der Waals surface area contributed by atoms with Crippen LogP contribution in [0.1, 0.15) is 48.7 Å². The van der Waals surface area contributed by atoms with E-state index in [1.54, 1.807) is 18.2 Å². The van der Waals surface area contributed by atoms with E-state index in [0.29, 0.717) is 23.8 Å². The summed E-state index contributed by atoms with van der Waals surface area (Å²) in [6.45, 7) is 9.43. The van der Waals surface area contributed by atoms with E-state index in [-0.39, 0.29) is 22.8 Å². The molecule has 2 aliphatic heterocycles. The molecule has 1 atom stereocenters. The average molecular weight is 530 g/mol. The number of carbonyl (C=O) groups excluding carboxylic acids is 1. The van der Waals surface area contributed by atoms with E-state index in [1.165, 1.54) is 7.11 Å². The predicted molar refractivity (Wildman–Crippen MR) is 145 cm³/mol. The molecule has 2 heterocycles. The Labute approximate surface area is 218 Å². The van der Waals surface area contributed by atoms with Crippen LogP contribution in [0.15, 0.2) is 42.2 Å². The minimum atomic E-state index is -3.57. The lowest BCUT2D eigenvalue weighted by atomic mass is 9.86. The zero-order chi connectivity index (χ0) is 27.0. The van der Waals surface area contributed by atoms with Crippen LogP contribution in [-0.4, -0.2) is 40.9 Å². The third kappa shape index (κ3) is 6.17. The van der Waals surface area contributed by atoms with Crippen LogP contribution in [-0.2, 0) is 20.2 Å². The molecular weight excluding hydrogens is 494 g/mol. The third-order valence-electron chi connectivity index (χ3n) is 6.39. The normalized spacial score (nSPS) is 17.8. The first-order valence-corrected chi connectivity index (χ1v) is 14.0. The number of aryl methyl sites for hydroxylation is 1. The van der Waals surface area contributed by atoms with Crippen molar-refractivity contribution in [1.29, 1.82) is 0 Å². The summed E-state index contributed by atoms with van der Waals surface area (Å²) in [5.41, 5.74) is 10.8. The van der Waals surface area contributed by atoms with E-state index in [9.17, 15) is 13.2 Å². The van der Waals surface area contributed by atoms with Crippen molar-refractivity contribution in [2.24, 2.45) is 5.92 Å². The highest BCUT2D eigenvalue weighted by molar-refractivity contribution is 7.92. The van der Waals surface area contributed by atoms with Gasteiger partial charge < -0.3 is 20.2 Å². The summed E-state index contributed by atoms with van der Waals surface area (Å²) in [7, 11) is -2.14. The van der Waals surface area contributed by atoms with E-state index in [1.807, 2.05) is 51.0 Å². The van der Waals surface area contributed by atoms with Crippen molar-refractivity contribution in [2.75, 3.05) is 41.6 Å². The van der Waals surface area contributed by atoms with Gasteiger partial charge in [0.15, 0.2) is 5.75 Å². The first-order valence-electron chi connectivity index (χ1n) is 12.1. The van der Waals surface area contributed by atoms with Gasteiger partial charge in [-0.15, -0.1) is 5.53 Å². The number of benzene rings is 2. The Bertz CT molecular complexity index is 1330. The monoisotopic (exact) mass is 529 g/mol. The van der Waals surface area contributed by atoms with Crippen molar-refractivity contribution >= 4 is 33.0 Å². The summed E-state index contributed by atoms with van der Waals surface area (Å²) in [6.07, 6.45) is 4.02. The predicted octanol–water partition coefficient (Wildman–Crippen LogP) is 3.63. The van der Waals surface area contributed by atoms with Gasteiger partial charge in [-0.1, -0.05) is 26.8 Å². The summed E-state index contributed by atoms with van der Waals surface area (Å²) < 4.78 is 37.5. The second kappa shape index (κ2) is 10.2. The molecule has 1 saturated heterocycles. The van der Waals surface area contributed by atoms with Gasteiger partial charge in [-0.2, -0.15) is 0 Å². The molecule has 2 aromatic rings. The van der Waals surface area contributed by atoms with E-state index in [2.05, 4.69) is 21.0 Å². The van der Waals surface area contributed by atoms with Gasteiger partial charge in [-0.3, -0.25) is 14.5 Å². The van der Waals surface area contributed by atoms with Crippen LogP contribution >= 0.6 is 0 Å². The largest absolute Gasteiger partial charge is 0.492 e. The maximum Gasteiger partial charge on any atom is 0.255 e. The van der Waals surface area contributed by atoms with Crippen LogP contribution < -0.4 is 30.7 Å². The molecule has 4 N–H and O–H groups in total. The van der Waals surface area contributed by atoms with Crippen LogP contribution in [0.5, 0.6) is 5.75 Å². The minimum absolute atomic E-state index is 0.232. The molecule has 0 aliphatic carbocycles. The fourth-order valence-corrected chi connectivity index (χ4v) is 4.85. The van der Waals surface area contributed by atoms with Crippen LogP contribution in [0, 0.1) is 12.8 Å². The molecule has 2 aromatic carbocycles. The highest BCUT2D eigenvalue weighted by atomic mass is 32.2. The van der Waals surface area contributed by atoms with E-state index < -0.39 is 10.0 Å². The van der Waals surface area contributed by atoms with Gasteiger partial charge >= 0.3 is 0 Å². The topological polar surface area (TPSA) is 121 Å². The van der Waals surface area contributed by atoms with Crippen molar-refractivity contribution in [2.45, 2.75) is 39.5 Å². The van der Waals surface area contributed by atoms with Gasteiger partial charge in [0.25, 0.3) is 5.91 Å². The number of rotatable bonds is 7. The van der Waals surface area contributed by atoms with Crippen LogP contribution in [0.25, 0.3) is 0 Å². The van der Waals surface area contributed by atoms with Crippen molar-refractivity contribution in [3.05, 3.63) is 58.9 Å². The van der Waals surface area contributed by atoms with Crippen LogP contribution in [0.3, 0.4) is 0 Å². The lowest BCUT2D eigenvalue weighted by Crippen LogP contribution is -2.37. The summed E-state index contributed by atoms with van der Waals surface area (Å²) >= 11 is 0. The zero-order valence-corrected chi connectivity index (χ0v) is 22.9. The van der Waals surface area contributed by atoms with E-state index in [0.717, 1.165) is 41.8 Å². The smallest absolute Gasteiger partial charge is 0.255 e. The van der Waals surface area contributed by atoms with Gasteiger partial charge in [-0.25, -0.2) is 8.42 Å². The molecule has 2 aliphatic rings. The van der Waals surface area contributed by atoms with E-state index in [4.69, 9.17) is 9.47 Å². The fourth-order valence-electron chi connectivity index (χ4n) is 4.30. The molecule has 0 bridgehead atoms. The number of hydrogen-bond acceptors (Lipinski definition) is 8. The van der Waals surface area contributed by atoms with E-state index >= 15 is 0 Å². The number of methoxy groups -OCH3 is 1. The molecular formula is C26H35N5O5S. The van der Waals surface area contributed by atoms with Crippen molar-refractivity contribution in [1.82, 2.24) is 11.0 Å². The zero-order valence-electron chi connectivity index (χ0n) is 22.1. The lowest BCUT2D eigenvalue weighted by molar-refractivity contribution is 0.102. The Balaban J connectivity index is 1.65.